The molecule has 0 saturated heterocycles. The van der Waals surface area contributed by atoms with Crippen LogP contribution in [0.2, 0.25) is 5.02 Å². The summed E-state index contributed by atoms with van der Waals surface area (Å²) in [7, 11) is 0. The van der Waals surface area contributed by atoms with Crippen molar-refractivity contribution in [1.29, 1.82) is 0 Å². The van der Waals surface area contributed by atoms with Crippen molar-refractivity contribution in [3.63, 3.8) is 0 Å². The Hall–Kier alpha value is -1.88. The summed E-state index contributed by atoms with van der Waals surface area (Å²) >= 11 is 5.95. The first-order chi connectivity index (χ1) is 12.0. The monoisotopic (exact) mass is 361 g/mol. The first-order valence-electron chi connectivity index (χ1n) is 8.91. The first kappa shape index (κ1) is 17.9. The number of hydrogen-bond acceptors (Lipinski definition) is 3. The molecule has 0 radical (unpaired) electrons. The summed E-state index contributed by atoms with van der Waals surface area (Å²) in [4.78, 5) is 24.6. The zero-order chi connectivity index (χ0) is 18.0. The highest BCUT2D eigenvalue weighted by Crippen LogP contribution is 2.29. The third-order valence-corrected chi connectivity index (χ3v) is 5.62. The van der Waals surface area contributed by atoms with Gasteiger partial charge >= 0.3 is 0 Å². The van der Waals surface area contributed by atoms with E-state index in [4.69, 9.17) is 11.6 Å². The molecule has 3 rings (SSSR count). The maximum atomic E-state index is 12.4. The Morgan fingerprint density at radius 1 is 1.28 bits per heavy atom. The molecule has 1 fully saturated rings. The maximum Gasteiger partial charge on any atom is 0.247 e. The third-order valence-electron chi connectivity index (χ3n) is 5.39. The highest BCUT2D eigenvalue weighted by atomic mass is 35.5. The van der Waals surface area contributed by atoms with Crippen molar-refractivity contribution in [3.8, 4) is 0 Å². The minimum atomic E-state index is -0.183. The number of halogens is 1. The summed E-state index contributed by atoms with van der Waals surface area (Å²) < 4.78 is 1.35. The van der Waals surface area contributed by atoms with Crippen LogP contribution in [0.5, 0.6) is 0 Å². The van der Waals surface area contributed by atoms with Crippen LogP contribution in [0.1, 0.15) is 50.7 Å². The zero-order valence-electron chi connectivity index (χ0n) is 14.7. The summed E-state index contributed by atoms with van der Waals surface area (Å²) in [6.07, 6.45) is 5.34. The number of nitrogens with one attached hydrogen (secondary N) is 1. The summed E-state index contributed by atoms with van der Waals surface area (Å²) in [5.74, 6) is 0.868. The van der Waals surface area contributed by atoms with E-state index >= 15 is 0 Å². The van der Waals surface area contributed by atoms with Crippen molar-refractivity contribution in [3.05, 3.63) is 29.4 Å². The van der Waals surface area contributed by atoms with E-state index in [2.05, 4.69) is 24.3 Å². The smallest absolute Gasteiger partial charge is 0.247 e. The molecule has 1 heterocycles. The minimum absolute atomic E-state index is 0.0567. The Labute approximate surface area is 152 Å². The van der Waals surface area contributed by atoms with Crippen LogP contribution in [0, 0.1) is 11.8 Å². The number of carbonyl (C=O) groups is 2. The summed E-state index contributed by atoms with van der Waals surface area (Å²) in [5.41, 5.74) is 0.713. The molecule has 5 nitrogen and oxygen atoms in total. The normalized spacial score (nSPS) is 23.6. The van der Waals surface area contributed by atoms with Gasteiger partial charge in [0.2, 0.25) is 11.8 Å². The van der Waals surface area contributed by atoms with Gasteiger partial charge in [0, 0.05) is 29.3 Å². The fourth-order valence-electron chi connectivity index (χ4n) is 3.59. The van der Waals surface area contributed by atoms with Crippen LogP contribution < -0.4 is 5.32 Å². The molecular formula is C19H24ClN3O2. The maximum absolute atomic E-state index is 12.4. The quantitative estimate of drug-likeness (QED) is 0.893. The fourth-order valence-corrected chi connectivity index (χ4v) is 3.77. The van der Waals surface area contributed by atoms with Crippen molar-refractivity contribution >= 4 is 34.3 Å². The van der Waals surface area contributed by atoms with Crippen molar-refractivity contribution < 1.29 is 9.59 Å². The predicted molar refractivity (Wildman–Crippen MR) is 98.7 cm³/mol. The molecule has 2 aromatic rings. The van der Waals surface area contributed by atoms with Crippen LogP contribution in [0.15, 0.2) is 24.4 Å². The SMILES string of the molecule is C[C@@H]1[C@H](C)CCC[C@H]1NC(=O)CCC(=O)n1ncc2cc(Cl)ccc21. The van der Waals surface area contributed by atoms with Gasteiger partial charge in [-0.25, -0.2) is 4.68 Å². The number of benzene rings is 1. The molecule has 1 aromatic carbocycles. The van der Waals surface area contributed by atoms with E-state index in [1.807, 2.05) is 0 Å². The molecule has 0 unspecified atom stereocenters. The highest BCUT2D eigenvalue weighted by molar-refractivity contribution is 6.31. The van der Waals surface area contributed by atoms with E-state index in [0.29, 0.717) is 22.4 Å². The van der Waals surface area contributed by atoms with E-state index in [0.717, 1.165) is 18.2 Å². The minimum Gasteiger partial charge on any atom is -0.353 e. The van der Waals surface area contributed by atoms with Crippen molar-refractivity contribution in [2.45, 2.75) is 52.0 Å². The van der Waals surface area contributed by atoms with Gasteiger partial charge in [-0.2, -0.15) is 5.10 Å². The number of aromatic nitrogens is 2. The molecule has 0 bridgehead atoms. The predicted octanol–water partition coefficient (Wildman–Crippen LogP) is 4.05. The lowest BCUT2D eigenvalue weighted by Gasteiger charge is -2.34. The largest absolute Gasteiger partial charge is 0.353 e. The average molecular weight is 362 g/mol. The Morgan fingerprint density at radius 3 is 2.88 bits per heavy atom. The Morgan fingerprint density at radius 2 is 2.08 bits per heavy atom. The number of nitrogens with zero attached hydrogens (tertiary/aromatic N) is 2. The average Bonchev–Trinajstić information content (AvgIpc) is 3.00. The summed E-state index contributed by atoms with van der Waals surface area (Å²) in [5, 5.41) is 8.66. The molecule has 0 aliphatic heterocycles. The molecule has 1 saturated carbocycles. The van der Waals surface area contributed by atoms with E-state index in [9.17, 15) is 9.59 Å². The van der Waals surface area contributed by atoms with E-state index in [1.54, 1.807) is 24.4 Å². The van der Waals surface area contributed by atoms with Crippen molar-refractivity contribution in [1.82, 2.24) is 15.1 Å². The van der Waals surface area contributed by atoms with E-state index in [1.165, 1.54) is 11.1 Å². The third kappa shape index (κ3) is 4.03. The molecule has 6 heteroatoms. The van der Waals surface area contributed by atoms with Crippen LogP contribution in [0.25, 0.3) is 10.9 Å². The van der Waals surface area contributed by atoms with Gasteiger partial charge in [0.1, 0.15) is 0 Å². The summed E-state index contributed by atoms with van der Waals surface area (Å²) in [6.45, 7) is 4.43. The topological polar surface area (TPSA) is 64.0 Å². The lowest BCUT2D eigenvalue weighted by atomic mass is 9.78. The zero-order valence-corrected chi connectivity index (χ0v) is 15.4. The highest BCUT2D eigenvalue weighted by Gasteiger charge is 2.28. The number of carbonyl (C=O) groups excluding carboxylic acids is 2. The van der Waals surface area contributed by atoms with Crippen molar-refractivity contribution in [2.24, 2.45) is 11.8 Å². The second-order valence-electron chi connectivity index (χ2n) is 7.09. The number of rotatable bonds is 4. The van der Waals surface area contributed by atoms with Gasteiger partial charge in [-0.1, -0.05) is 38.3 Å². The molecule has 1 aliphatic carbocycles. The van der Waals surface area contributed by atoms with Gasteiger partial charge in [-0.15, -0.1) is 0 Å². The van der Waals surface area contributed by atoms with Gasteiger partial charge in [-0.3, -0.25) is 9.59 Å². The second-order valence-corrected chi connectivity index (χ2v) is 7.53. The van der Waals surface area contributed by atoms with Crippen LogP contribution in [-0.2, 0) is 4.79 Å². The number of amides is 1. The lowest BCUT2D eigenvalue weighted by molar-refractivity contribution is -0.122. The molecule has 1 aromatic heterocycles. The Balaban J connectivity index is 1.57. The molecule has 1 amide bonds. The van der Waals surface area contributed by atoms with Crippen LogP contribution in [0.3, 0.4) is 0 Å². The van der Waals surface area contributed by atoms with Gasteiger partial charge in [0.05, 0.1) is 11.7 Å². The molecule has 1 aliphatic rings. The van der Waals surface area contributed by atoms with Crippen LogP contribution in [0.4, 0.5) is 0 Å². The van der Waals surface area contributed by atoms with E-state index < -0.39 is 0 Å². The first-order valence-corrected chi connectivity index (χ1v) is 9.29. The van der Waals surface area contributed by atoms with Gasteiger partial charge in [0.15, 0.2) is 0 Å². The summed E-state index contributed by atoms with van der Waals surface area (Å²) in [6, 6.07) is 5.49. The second kappa shape index (κ2) is 7.56. The van der Waals surface area contributed by atoms with Crippen LogP contribution >= 0.6 is 11.6 Å². The van der Waals surface area contributed by atoms with E-state index in [-0.39, 0.29) is 30.7 Å². The molecule has 25 heavy (non-hydrogen) atoms. The van der Waals surface area contributed by atoms with Gasteiger partial charge < -0.3 is 5.32 Å². The van der Waals surface area contributed by atoms with Crippen LogP contribution in [-0.4, -0.2) is 27.6 Å². The molecule has 0 spiro atoms. The fraction of sp³-hybridized carbons (Fsp3) is 0.526. The molecule has 3 atom stereocenters. The molecule has 1 N–H and O–H groups in total. The standard InChI is InChI=1S/C19H24ClN3O2/c1-12-4-3-5-16(13(12)2)22-18(24)8-9-19(25)23-17-7-6-15(20)10-14(17)11-21-23/h6-7,10-13,16H,3-5,8-9H2,1-2H3,(H,22,24)/t12-,13-,16-/m1/s1. The Bertz CT molecular complexity index is 786. The molecule has 134 valence electrons. The molecular weight excluding hydrogens is 338 g/mol. The Kier molecular flexibility index (Phi) is 5.42. The van der Waals surface area contributed by atoms with Gasteiger partial charge in [0.25, 0.3) is 0 Å². The number of hydrogen-bond donors (Lipinski definition) is 1. The van der Waals surface area contributed by atoms with Gasteiger partial charge in [-0.05, 0) is 36.5 Å². The number of fused-ring (bicyclic) bond motifs is 1. The lowest BCUT2D eigenvalue weighted by Crippen LogP contribution is -2.43. The van der Waals surface area contributed by atoms with Crippen molar-refractivity contribution in [2.75, 3.05) is 0 Å².